The molecule has 0 aliphatic heterocycles. The Bertz CT molecular complexity index is 802. The number of hydrazone groups is 1. The number of unbranched alkanes of at least 4 members (excludes halogenated alkanes) is 2. The van der Waals surface area contributed by atoms with Gasteiger partial charge in [0.25, 0.3) is 0 Å². The molecule has 0 aliphatic carbocycles. The molecular weight excluding hydrogens is 342 g/mol. The number of aromatic hydroxyl groups is 1. The lowest BCUT2D eigenvalue weighted by molar-refractivity contribution is -0.123. The number of fused-ring (bicyclic) bond motifs is 1. The number of carbonyl (C=O) groups excluding carboxylic acids is 2. The van der Waals surface area contributed by atoms with Gasteiger partial charge in [-0.3, -0.25) is 9.59 Å². The summed E-state index contributed by atoms with van der Waals surface area (Å²) in [5.74, 6) is -0.0635. The molecule has 0 unspecified atom stereocenters. The van der Waals surface area contributed by atoms with E-state index < -0.39 is 0 Å². The van der Waals surface area contributed by atoms with Gasteiger partial charge < -0.3 is 10.4 Å². The van der Waals surface area contributed by atoms with E-state index in [2.05, 4.69) is 22.8 Å². The van der Waals surface area contributed by atoms with Crippen LogP contribution < -0.4 is 10.7 Å². The topological polar surface area (TPSA) is 90.8 Å². The lowest BCUT2D eigenvalue weighted by Crippen LogP contribution is -2.24. The van der Waals surface area contributed by atoms with Crippen LogP contribution in [0.4, 0.5) is 0 Å². The molecule has 0 fully saturated rings. The van der Waals surface area contributed by atoms with Crippen molar-refractivity contribution in [2.45, 2.75) is 45.4 Å². The average molecular weight is 369 g/mol. The molecule has 0 spiro atoms. The number of rotatable bonds is 10. The highest BCUT2D eigenvalue weighted by atomic mass is 16.3. The smallest absolute Gasteiger partial charge is 0.240 e. The Hall–Kier alpha value is -2.89. The van der Waals surface area contributed by atoms with Crippen LogP contribution in [0.3, 0.4) is 0 Å². The number of hydrogen-bond donors (Lipinski definition) is 3. The van der Waals surface area contributed by atoms with Crippen molar-refractivity contribution < 1.29 is 14.7 Å². The average Bonchev–Trinajstić information content (AvgIpc) is 2.67. The van der Waals surface area contributed by atoms with Crippen molar-refractivity contribution in [1.82, 2.24) is 10.7 Å². The van der Waals surface area contributed by atoms with E-state index in [0.29, 0.717) is 37.8 Å². The molecule has 2 aromatic carbocycles. The number of benzene rings is 2. The van der Waals surface area contributed by atoms with Crippen molar-refractivity contribution in [3.63, 3.8) is 0 Å². The fraction of sp³-hybridized carbons (Fsp3) is 0.381. The molecule has 3 N–H and O–H groups in total. The van der Waals surface area contributed by atoms with Crippen LogP contribution in [0.15, 0.2) is 41.5 Å². The standard InChI is InChI=1S/C21H27N3O3/c1-2-3-14-22-20(26)10-6-7-11-21(27)24-23-15-18-17-9-5-4-8-16(17)12-13-19(18)25/h4-5,8-9,12-13,15,25H,2-3,6-7,10-11,14H2,1H3,(H,22,26)(H,24,27)/b23-15+. The van der Waals surface area contributed by atoms with Crippen LogP contribution in [0.25, 0.3) is 10.8 Å². The molecule has 0 bridgehead atoms. The molecular formula is C21H27N3O3. The maximum absolute atomic E-state index is 11.8. The molecule has 6 heteroatoms. The first-order valence-electron chi connectivity index (χ1n) is 9.41. The monoisotopic (exact) mass is 369 g/mol. The van der Waals surface area contributed by atoms with E-state index in [1.165, 1.54) is 6.21 Å². The molecule has 0 heterocycles. The minimum atomic E-state index is -0.211. The number of amides is 2. The maximum Gasteiger partial charge on any atom is 0.240 e. The van der Waals surface area contributed by atoms with E-state index >= 15 is 0 Å². The molecule has 0 atom stereocenters. The third-order valence-corrected chi connectivity index (χ3v) is 4.24. The summed E-state index contributed by atoms with van der Waals surface area (Å²) in [6.07, 6.45) is 5.53. The second kappa shape index (κ2) is 11.0. The zero-order valence-electron chi connectivity index (χ0n) is 15.7. The lowest BCUT2D eigenvalue weighted by atomic mass is 10.0. The number of phenols is 1. The van der Waals surface area contributed by atoms with Crippen LogP contribution in [0.2, 0.25) is 0 Å². The molecule has 0 aliphatic rings. The molecule has 2 rings (SSSR count). The van der Waals surface area contributed by atoms with Crippen LogP contribution in [0, 0.1) is 0 Å². The highest BCUT2D eigenvalue weighted by Gasteiger charge is 2.05. The van der Waals surface area contributed by atoms with Gasteiger partial charge in [-0.2, -0.15) is 5.10 Å². The van der Waals surface area contributed by atoms with Gasteiger partial charge in [-0.05, 0) is 36.1 Å². The van der Waals surface area contributed by atoms with E-state index in [0.717, 1.165) is 23.6 Å². The fourth-order valence-electron chi connectivity index (χ4n) is 2.71. The summed E-state index contributed by atoms with van der Waals surface area (Å²) in [4.78, 5) is 23.4. The van der Waals surface area contributed by atoms with E-state index in [4.69, 9.17) is 0 Å². The van der Waals surface area contributed by atoms with Crippen LogP contribution >= 0.6 is 0 Å². The molecule has 0 radical (unpaired) electrons. The summed E-state index contributed by atoms with van der Waals surface area (Å²) in [6, 6.07) is 11.1. The molecule has 27 heavy (non-hydrogen) atoms. The SMILES string of the molecule is CCCCNC(=O)CCCCC(=O)N/N=C/c1c(O)ccc2ccccc12. The van der Waals surface area contributed by atoms with Gasteiger partial charge in [-0.25, -0.2) is 5.43 Å². The van der Waals surface area contributed by atoms with Crippen molar-refractivity contribution in [3.05, 3.63) is 42.0 Å². The van der Waals surface area contributed by atoms with Gasteiger partial charge in [0, 0.05) is 24.9 Å². The summed E-state index contributed by atoms with van der Waals surface area (Å²) in [5.41, 5.74) is 3.04. The molecule has 6 nitrogen and oxygen atoms in total. The number of phenolic OH excluding ortho intramolecular Hbond substituents is 1. The number of nitrogens with one attached hydrogen (secondary N) is 2. The minimum absolute atomic E-state index is 0.0355. The summed E-state index contributed by atoms with van der Waals surface area (Å²) >= 11 is 0. The third-order valence-electron chi connectivity index (χ3n) is 4.24. The second-order valence-electron chi connectivity index (χ2n) is 6.42. The largest absolute Gasteiger partial charge is 0.507 e. The fourth-order valence-corrected chi connectivity index (χ4v) is 2.71. The Kier molecular flexibility index (Phi) is 8.29. The molecule has 144 valence electrons. The summed E-state index contributed by atoms with van der Waals surface area (Å²) in [7, 11) is 0. The number of hydrogen-bond acceptors (Lipinski definition) is 4. The second-order valence-corrected chi connectivity index (χ2v) is 6.42. The Morgan fingerprint density at radius 2 is 1.78 bits per heavy atom. The predicted molar refractivity (Wildman–Crippen MR) is 108 cm³/mol. The summed E-state index contributed by atoms with van der Waals surface area (Å²) < 4.78 is 0. The van der Waals surface area contributed by atoms with Crippen molar-refractivity contribution in [3.8, 4) is 5.75 Å². The van der Waals surface area contributed by atoms with Crippen LogP contribution in [-0.4, -0.2) is 29.7 Å². The van der Waals surface area contributed by atoms with Gasteiger partial charge in [0.2, 0.25) is 11.8 Å². The molecule has 0 aromatic heterocycles. The van der Waals surface area contributed by atoms with Gasteiger partial charge >= 0.3 is 0 Å². The van der Waals surface area contributed by atoms with Gasteiger partial charge in [-0.1, -0.05) is 43.7 Å². The third kappa shape index (κ3) is 6.73. The Balaban J connectivity index is 1.75. The van der Waals surface area contributed by atoms with Crippen LogP contribution in [-0.2, 0) is 9.59 Å². The first kappa shape index (κ1) is 20.4. The van der Waals surface area contributed by atoms with Crippen LogP contribution in [0.5, 0.6) is 5.75 Å². The Morgan fingerprint density at radius 1 is 1.04 bits per heavy atom. The quantitative estimate of drug-likeness (QED) is 0.340. The van der Waals surface area contributed by atoms with Crippen molar-refractivity contribution in [1.29, 1.82) is 0 Å². The van der Waals surface area contributed by atoms with Crippen molar-refractivity contribution in [2.75, 3.05) is 6.54 Å². The normalized spacial score (nSPS) is 11.0. The number of carbonyl (C=O) groups is 2. The highest BCUT2D eigenvalue weighted by Crippen LogP contribution is 2.25. The van der Waals surface area contributed by atoms with Crippen LogP contribution in [0.1, 0.15) is 51.0 Å². The lowest BCUT2D eigenvalue weighted by Gasteiger charge is -2.05. The zero-order valence-corrected chi connectivity index (χ0v) is 15.7. The predicted octanol–water partition coefficient (Wildman–Crippen LogP) is 3.47. The van der Waals surface area contributed by atoms with Crippen molar-refractivity contribution in [2.24, 2.45) is 5.10 Å². The van der Waals surface area contributed by atoms with E-state index in [1.54, 1.807) is 6.07 Å². The van der Waals surface area contributed by atoms with Gasteiger partial charge in [0.15, 0.2) is 0 Å². The Labute approximate surface area is 159 Å². The summed E-state index contributed by atoms with van der Waals surface area (Å²) in [6.45, 7) is 2.79. The highest BCUT2D eigenvalue weighted by molar-refractivity contribution is 6.02. The molecule has 2 amide bonds. The summed E-state index contributed by atoms with van der Waals surface area (Å²) in [5, 5.41) is 18.7. The molecule has 0 saturated carbocycles. The van der Waals surface area contributed by atoms with E-state index in [1.807, 2.05) is 30.3 Å². The number of nitrogens with zero attached hydrogens (tertiary/aromatic N) is 1. The van der Waals surface area contributed by atoms with E-state index in [9.17, 15) is 14.7 Å². The Morgan fingerprint density at radius 3 is 2.56 bits per heavy atom. The van der Waals surface area contributed by atoms with Gasteiger partial charge in [0.1, 0.15) is 5.75 Å². The minimum Gasteiger partial charge on any atom is -0.507 e. The first-order valence-corrected chi connectivity index (χ1v) is 9.41. The maximum atomic E-state index is 11.8. The first-order chi connectivity index (χ1) is 13.1. The molecule has 2 aromatic rings. The van der Waals surface area contributed by atoms with Crippen molar-refractivity contribution >= 4 is 28.8 Å². The van der Waals surface area contributed by atoms with Gasteiger partial charge in [-0.15, -0.1) is 0 Å². The van der Waals surface area contributed by atoms with Gasteiger partial charge in [0.05, 0.1) is 6.21 Å². The zero-order chi connectivity index (χ0) is 19.5. The van der Waals surface area contributed by atoms with E-state index in [-0.39, 0.29) is 17.6 Å². The molecule has 0 saturated heterocycles.